The molecular formula is C12H16ClNO2. The van der Waals surface area contributed by atoms with Gasteiger partial charge in [0.15, 0.2) is 0 Å². The predicted molar refractivity (Wildman–Crippen MR) is 64.7 cm³/mol. The van der Waals surface area contributed by atoms with Crippen LogP contribution in [0.5, 0.6) is 0 Å². The van der Waals surface area contributed by atoms with Crippen molar-refractivity contribution in [2.75, 3.05) is 0 Å². The lowest BCUT2D eigenvalue weighted by Crippen LogP contribution is -2.36. The first-order valence-electron chi connectivity index (χ1n) is 5.07. The van der Waals surface area contributed by atoms with Crippen molar-refractivity contribution in [3.63, 3.8) is 0 Å². The average molecular weight is 242 g/mol. The van der Waals surface area contributed by atoms with Crippen LogP contribution in [-0.2, 0) is 10.2 Å². The molecule has 1 atom stereocenters. The van der Waals surface area contributed by atoms with Crippen molar-refractivity contribution >= 4 is 17.6 Å². The lowest BCUT2D eigenvalue weighted by molar-refractivity contribution is -0.139. The molecule has 0 aliphatic rings. The molecule has 0 aromatic heterocycles. The summed E-state index contributed by atoms with van der Waals surface area (Å²) in [5, 5.41) is 9.46. The number of carboxylic acid groups (broad SMARTS) is 1. The van der Waals surface area contributed by atoms with Crippen LogP contribution < -0.4 is 5.73 Å². The van der Waals surface area contributed by atoms with Crippen LogP contribution in [0.1, 0.15) is 25.8 Å². The number of halogens is 1. The Morgan fingerprint density at radius 1 is 1.44 bits per heavy atom. The number of hydrogen-bond acceptors (Lipinski definition) is 2. The number of benzene rings is 1. The second kappa shape index (κ2) is 4.85. The highest BCUT2D eigenvalue weighted by atomic mass is 35.5. The van der Waals surface area contributed by atoms with Gasteiger partial charge in [0.2, 0.25) is 0 Å². The van der Waals surface area contributed by atoms with Gasteiger partial charge in [-0.05, 0) is 29.5 Å². The summed E-state index contributed by atoms with van der Waals surface area (Å²) in [5.41, 5.74) is 6.30. The third-order valence-electron chi connectivity index (χ3n) is 2.67. The first kappa shape index (κ1) is 13.0. The third kappa shape index (κ3) is 3.22. The number of rotatable bonds is 4. The minimum absolute atomic E-state index is 0.275. The number of carbonyl (C=O) groups is 1. The van der Waals surface area contributed by atoms with Gasteiger partial charge in [-0.25, -0.2) is 0 Å². The smallest absolute Gasteiger partial charge is 0.320 e. The van der Waals surface area contributed by atoms with Crippen molar-refractivity contribution in [1.29, 1.82) is 0 Å². The van der Waals surface area contributed by atoms with Gasteiger partial charge in [-0.1, -0.05) is 37.6 Å². The maximum absolute atomic E-state index is 10.7. The van der Waals surface area contributed by atoms with Gasteiger partial charge in [0.1, 0.15) is 6.04 Å². The molecule has 4 heteroatoms. The molecule has 0 aliphatic heterocycles. The highest BCUT2D eigenvalue weighted by molar-refractivity contribution is 6.30. The van der Waals surface area contributed by atoms with E-state index < -0.39 is 12.0 Å². The molecule has 1 aromatic carbocycles. The van der Waals surface area contributed by atoms with Crippen LogP contribution >= 0.6 is 11.6 Å². The quantitative estimate of drug-likeness (QED) is 0.851. The number of carboxylic acids is 1. The van der Waals surface area contributed by atoms with Crippen LogP contribution in [0.4, 0.5) is 0 Å². The van der Waals surface area contributed by atoms with Crippen molar-refractivity contribution in [1.82, 2.24) is 0 Å². The predicted octanol–water partition coefficient (Wildman–Crippen LogP) is 2.42. The molecule has 0 fully saturated rings. The molecule has 0 radical (unpaired) electrons. The third-order valence-corrected chi connectivity index (χ3v) is 2.93. The van der Waals surface area contributed by atoms with Gasteiger partial charge in [-0.15, -0.1) is 0 Å². The van der Waals surface area contributed by atoms with E-state index in [4.69, 9.17) is 22.4 Å². The Bertz CT molecular complexity index is 373. The normalized spacial score (nSPS) is 13.5. The van der Waals surface area contributed by atoms with E-state index in [-0.39, 0.29) is 5.41 Å². The first-order chi connectivity index (χ1) is 7.33. The molecule has 3 N–H and O–H groups in total. The molecule has 0 saturated carbocycles. The van der Waals surface area contributed by atoms with Crippen LogP contribution in [-0.4, -0.2) is 17.1 Å². The fourth-order valence-electron chi connectivity index (χ4n) is 1.66. The minimum atomic E-state index is -0.970. The molecule has 0 aliphatic carbocycles. The highest BCUT2D eigenvalue weighted by Gasteiger charge is 2.26. The molecule has 1 aromatic rings. The Balaban J connectivity index is 2.84. The Morgan fingerprint density at radius 3 is 2.38 bits per heavy atom. The lowest BCUT2D eigenvalue weighted by Gasteiger charge is -2.27. The average Bonchev–Trinajstić information content (AvgIpc) is 2.17. The summed E-state index contributed by atoms with van der Waals surface area (Å²) in [4.78, 5) is 10.7. The maximum Gasteiger partial charge on any atom is 0.320 e. The SMILES string of the molecule is CC(C)(CC(N)C(=O)O)c1ccc(Cl)cc1. The van der Waals surface area contributed by atoms with Gasteiger partial charge >= 0.3 is 5.97 Å². The summed E-state index contributed by atoms with van der Waals surface area (Å²) in [7, 11) is 0. The Hall–Kier alpha value is -1.06. The van der Waals surface area contributed by atoms with E-state index >= 15 is 0 Å². The maximum atomic E-state index is 10.7. The van der Waals surface area contributed by atoms with Crippen molar-refractivity contribution in [3.8, 4) is 0 Å². The van der Waals surface area contributed by atoms with Crippen LogP contribution in [0.15, 0.2) is 24.3 Å². The fourth-order valence-corrected chi connectivity index (χ4v) is 1.78. The Morgan fingerprint density at radius 2 is 1.94 bits per heavy atom. The van der Waals surface area contributed by atoms with Gasteiger partial charge in [-0.3, -0.25) is 4.79 Å². The van der Waals surface area contributed by atoms with E-state index in [2.05, 4.69) is 0 Å². The molecule has 88 valence electrons. The highest BCUT2D eigenvalue weighted by Crippen LogP contribution is 2.28. The fraction of sp³-hybridized carbons (Fsp3) is 0.417. The molecule has 3 nitrogen and oxygen atoms in total. The van der Waals surface area contributed by atoms with Crippen molar-refractivity contribution in [3.05, 3.63) is 34.9 Å². The zero-order valence-electron chi connectivity index (χ0n) is 9.40. The Kier molecular flexibility index (Phi) is 3.94. The lowest BCUT2D eigenvalue weighted by atomic mass is 9.79. The molecule has 1 rings (SSSR count). The largest absolute Gasteiger partial charge is 0.480 e. The number of hydrogen-bond donors (Lipinski definition) is 2. The summed E-state index contributed by atoms with van der Waals surface area (Å²) in [5.74, 6) is -0.970. The van der Waals surface area contributed by atoms with Gasteiger partial charge in [0.25, 0.3) is 0 Å². The molecular weight excluding hydrogens is 226 g/mol. The van der Waals surface area contributed by atoms with Crippen molar-refractivity contribution < 1.29 is 9.90 Å². The first-order valence-corrected chi connectivity index (χ1v) is 5.45. The number of aliphatic carboxylic acids is 1. The second-order valence-corrected chi connectivity index (χ2v) is 4.98. The van der Waals surface area contributed by atoms with E-state index in [0.29, 0.717) is 11.4 Å². The number of nitrogens with two attached hydrogens (primary N) is 1. The van der Waals surface area contributed by atoms with Gasteiger partial charge in [0.05, 0.1) is 0 Å². The van der Waals surface area contributed by atoms with Gasteiger partial charge in [-0.2, -0.15) is 0 Å². The molecule has 16 heavy (non-hydrogen) atoms. The molecule has 1 unspecified atom stereocenters. The topological polar surface area (TPSA) is 63.3 Å². The van der Waals surface area contributed by atoms with Crippen molar-refractivity contribution in [2.24, 2.45) is 5.73 Å². The second-order valence-electron chi connectivity index (χ2n) is 4.54. The van der Waals surface area contributed by atoms with E-state index in [1.54, 1.807) is 12.1 Å². The van der Waals surface area contributed by atoms with E-state index in [1.165, 1.54) is 0 Å². The summed E-state index contributed by atoms with van der Waals surface area (Å²) in [6, 6.07) is 6.55. The van der Waals surface area contributed by atoms with E-state index in [1.807, 2.05) is 26.0 Å². The minimum Gasteiger partial charge on any atom is -0.480 e. The summed E-state index contributed by atoms with van der Waals surface area (Å²) >= 11 is 5.80. The van der Waals surface area contributed by atoms with Crippen LogP contribution in [0, 0.1) is 0 Å². The van der Waals surface area contributed by atoms with Crippen LogP contribution in [0.25, 0.3) is 0 Å². The van der Waals surface area contributed by atoms with Gasteiger partial charge in [0, 0.05) is 5.02 Å². The van der Waals surface area contributed by atoms with Gasteiger partial charge < -0.3 is 10.8 Å². The summed E-state index contributed by atoms with van der Waals surface area (Å²) in [6.07, 6.45) is 0.393. The summed E-state index contributed by atoms with van der Waals surface area (Å²) < 4.78 is 0. The molecule has 0 amide bonds. The molecule has 0 heterocycles. The molecule has 0 bridgehead atoms. The summed E-state index contributed by atoms with van der Waals surface area (Å²) in [6.45, 7) is 3.94. The van der Waals surface area contributed by atoms with E-state index in [9.17, 15) is 4.79 Å². The van der Waals surface area contributed by atoms with Crippen LogP contribution in [0.2, 0.25) is 5.02 Å². The standard InChI is InChI=1S/C12H16ClNO2/c1-12(2,7-10(14)11(15)16)8-3-5-9(13)6-4-8/h3-6,10H,7,14H2,1-2H3,(H,15,16). The van der Waals surface area contributed by atoms with Crippen molar-refractivity contribution in [2.45, 2.75) is 31.7 Å². The van der Waals surface area contributed by atoms with Crippen LogP contribution in [0.3, 0.4) is 0 Å². The zero-order chi connectivity index (χ0) is 12.3. The van der Waals surface area contributed by atoms with E-state index in [0.717, 1.165) is 5.56 Å². The molecule has 0 spiro atoms. The zero-order valence-corrected chi connectivity index (χ0v) is 10.2. The molecule has 0 saturated heterocycles. The monoisotopic (exact) mass is 241 g/mol. The Labute approximate surface area is 100 Å².